The second-order valence-electron chi connectivity index (χ2n) is 16.7. The van der Waals surface area contributed by atoms with Gasteiger partial charge in [-0.15, -0.1) is 0 Å². The van der Waals surface area contributed by atoms with Crippen molar-refractivity contribution in [2.45, 2.75) is 245 Å². The molecule has 0 radical (unpaired) electrons. The van der Waals surface area contributed by atoms with Gasteiger partial charge in [0.15, 0.2) is 6.10 Å². The van der Waals surface area contributed by atoms with Crippen LogP contribution in [0.5, 0.6) is 0 Å². The highest BCUT2D eigenvalue weighted by atomic mass is 16.6. The van der Waals surface area contributed by atoms with E-state index < -0.39 is 12.1 Å². The van der Waals surface area contributed by atoms with Gasteiger partial charge in [-0.05, 0) is 70.6 Å². The molecule has 0 fully saturated rings. The predicted octanol–water partition coefficient (Wildman–Crippen LogP) is 16.6. The summed E-state index contributed by atoms with van der Waals surface area (Å²) in [5.74, 6) is -1.05. The lowest BCUT2D eigenvalue weighted by Gasteiger charge is -2.18. The van der Waals surface area contributed by atoms with Crippen LogP contribution in [-0.2, 0) is 28.6 Å². The summed E-state index contributed by atoms with van der Waals surface area (Å²) in [6, 6.07) is 0. The van der Waals surface area contributed by atoms with Crippen LogP contribution >= 0.6 is 0 Å². The lowest BCUT2D eigenvalue weighted by atomic mass is 10.0. The zero-order valence-electron chi connectivity index (χ0n) is 39.9. The first-order valence-corrected chi connectivity index (χ1v) is 25.4. The van der Waals surface area contributed by atoms with Crippen molar-refractivity contribution in [1.82, 2.24) is 0 Å². The predicted molar refractivity (Wildman–Crippen MR) is 261 cm³/mol. The number of ether oxygens (including phenoxy) is 3. The quantitative estimate of drug-likeness (QED) is 0.0263. The molecule has 0 aliphatic rings. The number of hydrogen-bond acceptors (Lipinski definition) is 6. The largest absolute Gasteiger partial charge is 0.462 e. The molecule has 0 rings (SSSR count). The fourth-order valence-corrected chi connectivity index (χ4v) is 6.92. The van der Waals surface area contributed by atoms with E-state index in [4.69, 9.17) is 14.2 Å². The van der Waals surface area contributed by atoms with E-state index in [1.165, 1.54) is 116 Å². The molecular formula is C55H94O6. The molecule has 0 heterocycles. The number of hydrogen-bond donors (Lipinski definition) is 0. The highest BCUT2D eigenvalue weighted by Crippen LogP contribution is 2.15. The van der Waals surface area contributed by atoms with Crippen LogP contribution in [-0.4, -0.2) is 37.2 Å². The second kappa shape index (κ2) is 49.5. The minimum absolute atomic E-state index is 0.108. The summed E-state index contributed by atoms with van der Waals surface area (Å²) in [7, 11) is 0. The Morgan fingerprint density at radius 1 is 0.361 bits per heavy atom. The van der Waals surface area contributed by atoms with Gasteiger partial charge < -0.3 is 14.2 Å². The molecule has 1 unspecified atom stereocenters. The Bertz CT molecular complexity index is 1160. The highest BCUT2D eigenvalue weighted by molar-refractivity contribution is 5.72. The van der Waals surface area contributed by atoms with Crippen molar-refractivity contribution in [1.29, 1.82) is 0 Å². The maximum Gasteiger partial charge on any atom is 0.309 e. The fourth-order valence-electron chi connectivity index (χ4n) is 6.92. The Morgan fingerprint density at radius 3 is 1.15 bits per heavy atom. The number of carbonyl (C=O) groups is 3. The summed E-state index contributed by atoms with van der Waals surface area (Å²) >= 11 is 0. The van der Waals surface area contributed by atoms with Crippen molar-refractivity contribution in [2.75, 3.05) is 13.2 Å². The zero-order chi connectivity index (χ0) is 44.4. The number of carbonyl (C=O) groups excluding carboxylic acids is 3. The van der Waals surface area contributed by atoms with Crippen LogP contribution < -0.4 is 0 Å². The number of rotatable bonds is 45. The van der Waals surface area contributed by atoms with Gasteiger partial charge in [0.1, 0.15) is 13.2 Å². The summed E-state index contributed by atoms with van der Waals surface area (Å²) in [5.41, 5.74) is 0. The molecule has 0 aliphatic heterocycles. The van der Waals surface area contributed by atoms with E-state index in [-0.39, 0.29) is 31.6 Å². The molecule has 61 heavy (non-hydrogen) atoms. The molecule has 0 amide bonds. The average molecular weight is 851 g/mol. The molecule has 0 aromatic heterocycles. The lowest BCUT2D eigenvalue weighted by molar-refractivity contribution is -0.166. The molecule has 6 nitrogen and oxygen atoms in total. The van der Waals surface area contributed by atoms with Crippen molar-refractivity contribution in [2.24, 2.45) is 0 Å². The monoisotopic (exact) mass is 851 g/mol. The summed E-state index contributed by atoms with van der Waals surface area (Å²) < 4.78 is 16.7. The SMILES string of the molecule is CC/C=C\C/C=C\C/C=C\C/C=C\C/C=C\CC(=O)OCC(COC(=O)CCCCCCC/C=C\CCCCCC)OC(=O)CCCCCCCCCCCCCCCCC. The smallest absolute Gasteiger partial charge is 0.309 e. The number of esters is 3. The third kappa shape index (κ3) is 47.7. The Labute approximate surface area is 376 Å². The van der Waals surface area contributed by atoms with Gasteiger partial charge in [0.2, 0.25) is 0 Å². The first kappa shape index (κ1) is 57.9. The maximum atomic E-state index is 12.8. The van der Waals surface area contributed by atoms with Crippen LogP contribution in [0.2, 0.25) is 0 Å². The molecule has 350 valence electrons. The molecule has 0 N–H and O–H groups in total. The van der Waals surface area contributed by atoms with Crippen LogP contribution in [0.15, 0.2) is 72.9 Å². The van der Waals surface area contributed by atoms with Gasteiger partial charge in [-0.2, -0.15) is 0 Å². The van der Waals surface area contributed by atoms with Gasteiger partial charge in [-0.1, -0.05) is 222 Å². The molecule has 6 heteroatoms. The molecule has 1 atom stereocenters. The number of allylic oxidation sites excluding steroid dienone is 11. The van der Waals surface area contributed by atoms with Crippen molar-refractivity contribution in [3.05, 3.63) is 72.9 Å². The summed E-state index contributed by atoms with van der Waals surface area (Å²) in [5, 5.41) is 0. The molecule has 0 spiro atoms. The molecular weight excluding hydrogens is 757 g/mol. The van der Waals surface area contributed by atoms with Crippen molar-refractivity contribution < 1.29 is 28.6 Å². The molecule has 0 aromatic rings. The van der Waals surface area contributed by atoms with E-state index >= 15 is 0 Å². The standard InChI is InChI=1S/C55H94O6/c1-4-7-10-13-16-19-22-25-27-30-33-36-39-42-45-48-54(57)60-51-52(50-59-53(56)47-44-41-38-35-32-29-24-21-18-15-12-9-6-3)61-55(58)49-46-43-40-37-34-31-28-26-23-20-17-14-11-8-5-2/h7,10,16,19,21,24-25,27,33,36,42,45,52H,4-6,8-9,11-15,17-18,20,22-23,26,28-32,34-35,37-41,43-44,46-51H2,1-3H3/b10-7-,19-16-,24-21-,27-25-,36-33-,45-42-. The average Bonchev–Trinajstić information content (AvgIpc) is 3.26. The van der Waals surface area contributed by atoms with E-state index in [0.29, 0.717) is 12.8 Å². The van der Waals surface area contributed by atoms with E-state index in [2.05, 4.69) is 81.5 Å². The minimum Gasteiger partial charge on any atom is -0.462 e. The maximum absolute atomic E-state index is 12.8. The molecule has 0 bridgehead atoms. The van der Waals surface area contributed by atoms with Crippen LogP contribution in [0.1, 0.15) is 239 Å². The van der Waals surface area contributed by atoms with E-state index in [1.54, 1.807) is 6.08 Å². The summed E-state index contributed by atoms with van der Waals surface area (Å²) in [6.45, 7) is 6.42. The van der Waals surface area contributed by atoms with Gasteiger partial charge in [0, 0.05) is 12.8 Å². The Balaban J connectivity index is 4.50. The fraction of sp³-hybridized carbons (Fsp3) is 0.727. The van der Waals surface area contributed by atoms with Gasteiger partial charge >= 0.3 is 17.9 Å². The Hall–Kier alpha value is -3.15. The summed E-state index contributed by atoms with van der Waals surface area (Å²) in [6.07, 6.45) is 61.9. The van der Waals surface area contributed by atoms with E-state index in [9.17, 15) is 14.4 Å². The van der Waals surface area contributed by atoms with Gasteiger partial charge in [0.05, 0.1) is 6.42 Å². The first-order chi connectivity index (χ1) is 30.0. The molecule has 0 saturated carbocycles. The van der Waals surface area contributed by atoms with Crippen molar-refractivity contribution >= 4 is 17.9 Å². The van der Waals surface area contributed by atoms with E-state index in [0.717, 1.165) is 83.5 Å². The third-order valence-corrected chi connectivity index (χ3v) is 10.7. The second-order valence-corrected chi connectivity index (χ2v) is 16.7. The summed E-state index contributed by atoms with van der Waals surface area (Å²) in [4.78, 5) is 37.9. The van der Waals surface area contributed by atoms with Gasteiger partial charge in [0.25, 0.3) is 0 Å². The van der Waals surface area contributed by atoms with Crippen LogP contribution in [0, 0.1) is 0 Å². The topological polar surface area (TPSA) is 78.9 Å². The molecule has 0 aliphatic carbocycles. The van der Waals surface area contributed by atoms with Crippen LogP contribution in [0.25, 0.3) is 0 Å². The zero-order valence-corrected chi connectivity index (χ0v) is 39.9. The van der Waals surface area contributed by atoms with Crippen molar-refractivity contribution in [3.63, 3.8) is 0 Å². The van der Waals surface area contributed by atoms with Crippen LogP contribution in [0.3, 0.4) is 0 Å². The van der Waals surface area contributed by atoms with Crippen molar-refractivity contribution in [3.8, 4) is 0 Å². The number of unbranched alkanes of at least 4 members (excludes halogenated alkanes) is 23. The van der Waals surface area contributed by atoms with Crippen LogP contribution in [0.4, 0.5) is 0 Å². The molecule has 0 aromatic carbocycles. The minimum atomic E-state index is -0.815. The highest BCUT2D eigenvalue weighted by Gasteiger charge is 2.19. The van der Waals surface area contributed by atoms with Gasteiger partial charge in [-0.25, -0.2) is 0 Å². The normalized spacial score (nSPS) is 12.6. The van der Waals surface area contributed by atoms with Gasteiger partial charge in [-0.3, -0.25) is 14.4 Å². The van der Waals surface area contributed by atoms with E-state index in [1.807, 2.05) is 6.08 Å². The molecule has 0 saturated heterocycles. The Kier molecular flexibility index (Phi) is 46.9. The third-order valence-electron chi connectivity index (χ3n) is 10.7. The lowest BCUT2D eigenvalue weighted by Crippen LogP contribution is -2.30. The first-order valence-electron chi connectivity index (χ1n) is 25.4. The Morgan fingerprint density at radius 2 is 0.705 bits per heavy atom.